The lowest BCUT2D eigenvalue weighted by molar-refractivity contribution is -0.113. The van der Waals surface area contributed by atoms with E-state index in [9.17, 15) is 13.2 Å². The number of aromatic nitrogens is 1. The Morgan fingerprint density at radius 3 is 2.74 bits per heavy atom. The lowest BCUT2D eigenvalue weighted by atomic mass is 10.2. The fourth-order valence-electron chi connectivity index (χ4n) is 3.22. The molecule has 4 rings (SSSR count). The van der Waals surface area contributed by atoms with Gasteiger partial charge in [-0.2, -0.15) is 4.31 Å². The van der Waals surface area contributed by atoms with Gasteiger partial charge in [0.15, 0.2) is 0 Å². The van der Waals surface area contributed by atoms with E-state index in [1.807, 2.05) is 30.3 Å². The van der Waals surface area contributed by atoms with E-state index in [2.05, 4.69) is 10.3 Å². The molecule has 3 aromatic rings. The number of hydrogen-bond acceptors (Lipinski definition) is 6. The maximum atomic E-state index is 12.9. The van der Waals surface area contributed by atoms with E-state index in [1.54, 1.807) is 6.20 Å². The summed E-state index contributed by atoms with van der Waals surface area (Å²) in [6, 6.07) is 13.9. The fourth-order valence-corrected chi connectivity index (χ4v) is 5.67. The quantitative estimate of drug-likeness (QED) is 0.545. The Morgan fingerprint density at radius 2 is 1.94 bits per heavy atom. The van der Waals surface area contributed by atoms with Crippen LogP contribution in [-0.4, -0.2) is 55.7 Å². The van der Waals surface area contributed by atoms with Gasteiger partial charge in [0.1, 0.15) is 0 Å². The molecule has 0 spiro atoms. The van der Waals surface area contributed by atoms with Crippen molar-refractivity contribution < 1.29 is 17.9 Å². The number of hydrogen-bond donors (Lipinski definition) is 1. The van der Waals surface area contributed by atoms with Crippen molar-refractivity contribution in [3.8, 4) is 0 Å². The molecule has 0 radical (unpaired) electrons. The van der Waals surface area contributed by atoms with E-state index in [-0.39, 0.29) is 27.3 Å². The first-order valence-corrected chi connectivity index (χ1v) is 12.4. The predicted molar refractivity (Wildman–Crippen MR) is 122 cm³/mol. The molecule has 1 aromatic heterocycles. The van der Waals surface area contributed by atoms with Crippen molar-refractivity contribution in [3.63, 3.8) is 0 Å². The van der Waals surface area contributed by atoms with E-state index in [0.29, 0.717) is 26.3 Å². The number of carbonyl (C=O) groups excluding carboxylic acids is 1. The molecule has 1 saturated heterocycles. The zero-order chi connectivity index (χ0) is 21.8. The largest absolute Gasteiger partial charge is 0.379 e. The van der Waals surface area contributed by atoms with Crippen LogP contribution >= 0.6 is 23.4 Å². The summed E-state index contributed by atoms with van der Waals surface area (Å²) in [4.78, 5) is 17.9. The smallest absolute Gasteiger partial charge is 0.243 e. The number of pyridine rings is 1. The average Bonchev–Trinajstić information content (AvgIpc) is 2.79. The lowest BCUT2D eigenvalue weighted by Gasteiger charge is -2.26. The molecule has 7 nitrogen and oxygen atoms in total. The number of ether oxygens (including phenoxy) is 1. The highest BCUT2D eigenvalue weighted by molar-refractivity contribution is 8.00. The van der Waals surface area contributed by atoms with Crippen LogP contribution < -0.4 is 5.32 Å². The van der Waals surface area contributed by atoms with Crippen molar-refractivity contribution in [3.05, 3.63) is 59.8 Å². The van der Waals surface area contributed by atoms with Gasteiger partial charge in [-0.15, -0.1) is 11.8 Å². The maximum absolute atomic E-state index is 12.9. The molecule has 1 fully saturated rings. The minimum Gasteiger partial charge on any atom is -0.379 e. The maximum Gasteiger partial charge on any atom is 0.243 e. The summed E-state index contributed by atoms with van der Waals surface area (Å²) >= 11 is 7.59. The molecular weight excluding hydrogens is 458 g/mol. The Bertz CT molecular complexity index is 1210. The van der Waals surface area contributed by atoms with Gasteiger partial charge in [-0.1, -0.05) is 29.8 Å². The van der Waals surface area contributed by atoms with Crippen molar-refractivity contribution >= 4 is 55.9 Å². The van der Waals surface area contributed by atoms with Crippen LogP contribution in [0.25, 0.3) is 10.9 Å². The SMILES string of the molecule is O=C(CSc1ccnc2ccccc12)Nc1cc(S(=O)(=O)N2CCOCC2)ccc1Cl. The molecule has 1 aliphatic rings. The highest BCUT2D eigenvalue weighted by Gasteiger charge is 2.27. The molecule has 10 heteroatoms. The number of nitrogens with one attached hydrogen (secondary N) is 1. The Morgan fingerprint density at radius 1 is 1.16 bits per heavy atom. The van der Waals surface area contributed by atoms with E-state index in [0.717, 1.165) is 15.8 Å². The second-order valence-corrected chi connectivity index (χ2v) is 10.2. The van der Waals surface area contributed by atoms with E-state index in [4.69, 9.17) is 16.3 Å². The van der Waals surface area contributed by atoms with Gasteiger partial charge < -0.3 is 10.1 Å². The number of sulfonamides is 1. The Balaban J connectivity index is 1.47. The van der Waals surface area contributed by atoms with Gasteiger partial charge in [0.2, 0.25) is 15.9 Å². The topological polar surface area (TPSA) is 88.6 Å². The molecule has 31 heavy (non-hydrogen) atoms. The van der Waals surface area contributed by atoms with Gasteiger partial charge in [0, 0.05) is 29.6 Å². The molecule has 2 heterocycles. The predicted octanol–water partition coefficient (Wildman–Crippen LogP) is 3.64. The number of rotatable bonds is 6. The standard InChI is InChI=1S/C21H20ClN3O4S2/c22-17-6-5-15(31(27,28)25-9-11-29-12-10-25)13-19(17)24-21(26)14-30-20-7-8-23-18-4-2-1-3-16(18)20/h1-8,13H,9-12,14H2,(H,24,26). The highest BCUT2D eigenvalue weighted by Crippen LogP contribution is 2.29. The molecule has 0 atom stereocenters. The molecule has 1 N–H and O–H groups in total. The Kier molecular flexibility index (Phi) is 6.78. The molecule has 0 aliphatic carbocycles. The fraction of sp³-hybridized carbons (Fsp3) is 0.238. The number of para-hydroxylation sites is 1. The summed E-state index contributed by atoms with van der Waals surface area (Å²) in [6.07, 6.45) is 1.71. The summed E-state index contributed by atoms with van der Waals surface area (Å²) in [5.74, 6) is -0.140. The monoisotopic (exact) mass is 477 g/mol. The van der Waals surface area contributed by atoms with Gasteiger partial charge in [-0.25, -0.2) is 8.42 Å². The number of thioether (sulfide) groups is 1. The number of morpholine rings is 1. The number of benzene rings is 2. The molecule has 1 aliphatic heterocycles. The van der Waals surface area contributed by atoms with E-state index in [1.165, 1.54) is 34.3 Å². The number of nitrogens with zero attached hydrogens (tertiary/aromatic N) is 2. The van der Waals surface area contributed by atoms with Gasteiger partial charge >= 0.3 is 0 Å². The van der Waals surface area contributed by atoms with Gasteiger partial charge in [0.25, 0.3) is 0 Å². The molecule has 162 valence electrons. The Labute approximate surface area is 189 Å². The molecule has 0 bridgehead atoms. The second-order valence-electron chi connectivity index (χ2n) is 6.82. The summed E-state index contributed by atoms with van der Waals surface area (Å²) in [6.45, 7) is 1.31. The van der Waals surface area contributed by atoms with Gasteiger partial charge in [-0.05, 0) is 30.3 Å². The van der Waals surface area contributed by atoms with E-state index < -0.39 is 10.0 Å². The minimum atomic E-state index is -3.69. The van der Waals surface area contributed by atoms with Crippen LogP contribution in [0.1, 0.15) is 0 Å². The minimum absolute atomic E-state index is 0.0851. The van der Waals surface area contributed by atoms with Crippen molar-refractivity contribution in [2.75, 3.05) is 37.4 Å². The van der Waals surface area contributed by atoms with Gasteiger partial charge in [0.05, 0.1) is 40.1 Å². The molecular formula is C21H20ClN3O4S2. The Hall–Kier alpha value is -2.17. The van der Waals surface area contributed by atoms with Gasteiger partial charge in [-0.3, -0.25) is 9.78 Å². The average molecular weight is 478 g/mol. The third-order valence-corrected chi connectivity index (χ3v) is 8.09. The van der Waals surface area contributed by atoms with Crippen LogP contribution in [0.2, 0.25) is 5.02 Å². The van der Waals surface area contributed by atoms with Crippen LogP contribution in [0.3, 0.4) is 0 Å². The number of amides is 1. The number of anilines is 1. The summed E-state index contributed by atoms with van der Waals surface area (Å²) < 4.78 is 32.3. The van der Waals surface area contributed by atoms with Crippen LogP contribution in [-0.2, 0) is 19.6 Å². The zero-order valence-electron chi connectivity index (χ0n) is 16.5. The first-order chi connectivity index (χ1) is 14.9. The summed E-state index contributed by atoms with van der Waals surface area (Å²) in [5.41, 5.74) is 1.12. The number of halogens is 1. The normalized spacial score (nSPS) is 15.1. The van der Waals surface area contributed by atoms with Crippen LogP contribution in [0.4, 0.5) is 5.69 Å². The van der Waals surface area contributed by atoms with Crippen molar-refractivity contribution in [2.24, 2.45) is 0 Å². The molecule has 1 amide bonds. The van der Waals surface area contributed by atoms with Crippen LogP contribution in [0.5, 0.6) is 0 Å². The number of fused-ring (bicyclic) bond motifs is 1. The molecule has 0 saturated carbocycles. The number of carbonyl (C=O) groups is 1. The highest BCUT2D eigenvalue weighted by atomic mass is 35.5. The molecule has 2 aromatic carbocycles. The van der Waals surface area contributed by atoms with Crippen molar-refractivity contribution in [1.82, 2.24) is 9.29 Å². The lowest BCUT2D eigenvalue weighted by Crippen LogP contribution is -2.40. The van der Waals surface area contributed by atoms with Crippen molar-refractivity contribution in [1.29, 1.82) is 0 Å². The third kappa shape index (κ3) is 5.02. The first-order valence-electron chi connectivity index (χ1n) is 9.59. The van der Waals surface area contributed by atoms with Crippen LogP contribution in [0, 0.1) is 0 Å². The first kappa shape index (κ1) is 22.0. The summed E-state index contributed by atoms with van der Waals surface area (Å²) in [5, 5.41) is 3.97. The van der Waals surface area contributed by atoms with Crippen LogP contribution in [0.15, 0.2) is 64.5 Å². The van der Waals surface area contributed by atoms with E-state index >= 15 is 0 Å². The molecule has 0 unspecified atom stereocenters. The second kappa shape index (κ2) is 9.54. The summed E-state index contributed by atoms with van der Waals surface area (Å²) in [7, 11) is -3.69. The zero-order valence-corrected chi connectivity index (χ0v) is 18.8. The van der Waals surface area contributed by atoms with Crippen molar-refractivity contribution in [2.45, 2.75) is 9.79 Å². The third-order valence-electron chi connectivity index (χ3n) is 4.79.